The molecule has 7 N–H and O–H groups in total. The Hall–Kier alpha value is -2.34. The highest BCUT2D eigenvalue weighted by atomic mass is 32.1. The number of carboxylic acids is 1. The van der Waals surface area contributed by atoms with Gasteiger partial charge in [-0.05, 0) is 19.4 Å². The summed E-state index contributed by atoms with van der Waals surface area (Å²) in [6.07, 6.45) is 0.969. The van der Waals surface area contributed by atoms with Gasteiger partial charge >= 0.3 is 5.97 Å². The fourth-order valence-electron chi connectivity index (χ4n) is 2.31. The van der Waals surface area contributed by atoms with Crippen molar-refractivity contribution in [3.8, 4) is 0 Å². The van der Waals surface area contributed by atoms with Crippen molar-refractivity contribution in [1.82, 2.24) is 21.3 Å². The number of aliphatic carboxylic acids is 1. The van der Waals surface area contributed by atoms with Crippen molar-refractivity contribution in [3.63, 3.8) is 0 Å². The lowest BCUT2D eigenvalue weighted by Gasteiger charge is -2.19. The quantitative estimate of drug-likeness (QED) is 0.191. The highest BCUT2D eigenvalue weighted by molar-refractivity contribution is 7.80. The van der Waals surface area contributed by atoms with E-state index in [4.69, 9.17) is 10.8 Å². The van der Waals surface area contributed by atoms with Crippen LogP contribution in [0.5, 0.6) is 0 Å². The van der Waals surface area contributed by atoms with Crippen LogP contribution in [0.2, 0.25) is 0 Å². The average Bonchev–Trinajstić information content (AvgIpc) is 3.10. The van der Waals surface area contributed by atoms with E-state index in [2.05, 4.69) is 33.9 Å². The van der Waals surface area contributed by atoms with Crippen LogP contribution in [0.3, 0.4) is 0 Å². The first-order valence-corrected chi connectivity index (χ1v) is 8.60. The third kappa shape index (κ3) is 7.27. The number of hydrogen-bond donors (Lipinski definition) is 7. The maximum Gasteiger partial charge on any atom is 0.326 e. The molecular formula is C14H23N5O6S. The lowest BCUT2D eigenvalue weighted by atomic mass is 10.2. The summed E-state index contributed by atoms with van der Waals surface area (Å²) in [7, 11) is 0. The smallest absolute Gasteiger partial charge is 0.326 e. The predicted octanol–water partition coefficient (Wildman–Crippen LogP) is -3.29. The fourth-order valence-corrected chi connectivity index (χ4v) is 2.57. The Bertz CT molecular complexity index is 566. The van der Waals surface area contributed by atoms with Gasteiger partial charge in [0.2, 0.25) is 23.6 Å². The third-order valence-corrected chi connectivity index (χ3v) is 4.02. The minimum absolute atomic E-state index is 0.0192. The molecule has 0 aliphatic carbocycles. The van der Waals surface area contributed by atoms with Crippen LogP contribution < -0.4 is 27.0 Å². The second-order valence-corrected chi connectivity index (χ2v) is 6.10. The molecule has 0 spiro atoms. The van der Waals surface area contributed by atoms with E-state index in [0.29, 0.717) is 6.42 Å². The highest BCUT2D eigenvalue weighted by Crippen LogP contribution is 2.05. The number of carboxylic acid groups (broad SMARTS) is 1. The summed E-state index contributed by atoms with van der Waals surface area (Å²) < 4.78 is 0. The van der Waals surface area contributed by atoms with Gasteiger partial charge in [-0.25, -0.2) is 4.79 Å². The molecule has 0 radical (unpaired) electrons. The molecule has 1 fully saturated rings. The number of hydrogen-bond acceptors (Lipinski definition) is 7. The van der Waals surface area contributed by atoms with E-state index < -0.39 is 48.7 Å². The molecule has 3 atom stereocenters. The number of thiol groups is 1. The normalized spacial score (nSPS) is 18.4. The van der Waals surface area contributed by atoms with Crippen LogP contribution in [0.25, 0.3) is 0 Å². The zero-order chi connectivity index (χ0) is 19.7. The first-order chi connectivity index (χ1) is 12.2. The molecule has 0 aromatic heterocycles. The van der Waals surface area contributed by atoms with E-state index >= 15 is 0 Å². The maximum absolute atomic E-state index is 12.1. The van der Waals surface area contributed by atoms with Crippen molar-refractivity contribution in [2.45, 2.75) is 37.4 Å². The summed E-state index contributed by atoms with van der Waals surface area (Å²) in [5.41, 5.74) is 4.91. The van der Waals surface area contributed by atoms with Crippen LogP contribution in [-0.4, -0.2) is 71.7 Å². The second kappa shape index (κ2) is 10.6. The van der Waals surface area contributed by atoms with Gasteiger partial charge in [0.15, 0.2) is 0 Å². The Balaban J connectivity index is 2.46. The van der Waals surface area contributed by atoms with E-state index in [-0.39, 0.29) is 17.7 Å². The Morgan fingerprint density at radius 2 is 1.88 bits per heavy atom. The van der Waals surface area contributed by atoms with Crippen LogP contribution in [0.1, 0.15) is 19.3 Å². The summed E-state index contributed by atoms with van der Waals surface area (Å²) in [5.74, 6) is -4.07. The minimum Gasteiger partial charge on any atom is -0.480 e. The molecule has 11 nitrogen and oxygen atoms in total. The molecule has 26 heavy (non-hydrogen) atoms. The second-order valence-electron chi connectivity index (χ2n) is 5.74. The topological polar surface area (TPSA) is 180 Å². The Kier molecular flexibility index (Phi) is 8.85. The summed E-state index contributed by atoms with van der Waals surface area (Å²) in [6, 6.07) is -2.79. The lowest BCUT2D eigenvalue weighted by Crippen LogP contribution is -2.54. The minimum atomic E-state index is -1.48. The van der Waals surface area contributed by atoms with Crippen molar-refractivity contribution in [2.75, 3.05) is 18.8 Å². The number of nitrogens with two attached hydrogens (primary N) is 1. The molecule has 12 heteroatoms. The van der Waals surface area contributed by atoms with Gasteiger partial charge in [0, 0.05) is 5.75 Å². The van der Waals surface area contributed by atoms with Crippen molar-refractivity contribution in [3.05, 3.63) is 0 Å². The van der Waals surface area contributed by atoms with E-state index in [1.54, 1.807) is 0 Å². The number of nitrogens with one attached hydrogen (secondary N) is 4. The van der Waals surface area contributed by atoms with Crippen LogP contribution in [0, 0.1) is 0 Å². The van der Waals surface area contributed by atoms with E-state index in [0.717, 1.165) is 13.0 Å². The largest absolute Gasteiger partial charge is 0.480 e. The fraction of sp³-hybridized carbons (Fsp3) is 0.643. The Labute approximate surface area is 155 Å². The SMILES string of the molecule is NC(=O)CC(NC(=O)CNC(=O)C(CS)NC(=O)C1CCCN1)C(=O)O. The van der Waals surface area contributed by atoms with Crippen molar-refractivity contribution in [2.24, 2.45) is 5.73 Å². The number of primary amides is 1. The molecule has 0 bridgehead atoms. The number of amides is 4. The highest BCUT2D eigenvalue weighted by Gasteiger charge is 2.27. The van der Waals surface area contributed by atoms with E-state index in [1.807, 2.05) is 0 Å². The van der Waals surface area contributed by atoms with Gasteiger partial charge in [0.25, 0.3) is 0 Å². The standard InChI is InChI=1S/C14H23N5O6S/c15-10(20)4-8(14(24)25)18-11(21)5-17-12(22)9(6-26)19-13(23)7-2-1-3-16-7/h7-9,16,26H,1-6H2,(H2,15,20)(H,17,22)(H,18,21)(H,19,23)(H,24,25). The lowest BCUT2D eigenvalue weighted by molar-refractivity contribution is -0.143. The molecule has 1 aliphatic rings. The van der Waals surface area contributed by atoms with Gasteiger partial charge in [-0.1, -0.05) is 0 Å². The van der Waals surface area contributed by atoms with Gasteiger partial charge < -0.3 is 32.1 Å². The van der Waals surface area contributed by atoms with E-state index in [1.165, 1.54) is 0 Å². The summed E-state index contributed by atoms with van der Waals surface area (Å²) in [4.78, 5) is 57.5. The van der Waals surface area contributed by atoms with Gasteiger partial charge in [-0.3, -0.25) is 19.2 Å². The molecule has 1 heterocycles. The van der Waals surface area contributed by atoms with E-state index in [9.17, 15) is 24.0 Å². The number of rotatable bonds is 10. The van der Waals surface area contributed by atoms with Gasteiger partial charge in [0.1, 0.15) is 12.1 Å². The first-order valence-electron chi connectivity index (χ1n) is 7.97. The van der Waals surface area contributed by atoms with Crippen molar-refractivity contribution in [1.29, 1.82) is 0 Å². The molecule has 146 valence electrons. The number of carbonyl (C=O) groups excluding carboxylic acids is 4. The molecule has 0 aromatic carbocycles. The van der Waals surface area contributed by atoms with Gasteiger partial charge in [-0.2, -0.15) is 12.6 Å². The molecule has 4 amide bonds. The Morgan fingerprint density at radius 3 is 2.38 bits per heavy atom. The summed E-state index contributed by atoms with van der Waals surface area (Å²) in [6.45, 7) is 0.204. The first kappa shape index (κ1) is 21.7. The van der Waals surface area contributed by atoms with Crippen LogP contribution in [0.4, 0.5) is 0 Å². The molecule has 1 saturated heterocycles. The third-order valence-electron chi connectivity index (χ3n) is 3.65. The summed E-state index contributed by atoms with van der Waals surface area (Å²) in [5, 5.41) is 18.8. The van der Waals surface area contributed by atoms with Crippen LogP contribution in [0.15, 0.2) is 0 Å². The number of carbonyl (C=O) groups is 5. The molecule has 1 rings (SSSR count). The molecule has 0 aromatic rings. The van der Waals surface area contributed by atoms with Crippen LogP contribution in [-0.2, 0) is 24.0 Å². The predicted molar refractivity (Wildman–Crippen MR) is 93.2 cm³/mol. The van der Waals surface area contributed by atoms with Crippen LogP contribution >= 0.6 is 12.6 Å². The summed E-state index contributed by atoms with van der Waals surface area (Å²) >= 11 is 4.01. The Morgan fingerprint density at radius 1 is 1.19 bits per heavy atom. The molecule has 3 unspecified atom stereocenters. The maximum atomic E-state index is 12.1. The average molecular weight is 389 g/mol. The zero-order valence-corrected chi connectivity index (χ0v) is 14.9. The monoisotopic (exact) mass is 389 g/mol. The van der Waals surface area contributed by atoms with Gasteiger partial charge in [0.05, 0.1) is 19.0 Å². The molecule has 0 saturated carbocycles. The van der Waals surface area contributed by atoms with Crippen molar-refractivity contribution < 1.29 is 29.1 Å². The zero-order valence-electron chi connectivity index (χ0n) is 14.0. The molecule has 1 aliphatic heterocycles. The van der Waals surface area contributed by atoms with Crippen molar-refractivity contribution >= 4 is 42.2 Å². The molecular weight excluding hydrogens is 366 g/mol. The van der Waals surface area contributed by atoms with Gasteiger partial charge in [-0.15, -0.1) is 0 Å².